The maximum Gasteiger partial charge on any atom is 0.323 e. The van der Waals surface area contributed by atoms with Gasteiger partial charge in [0.05, 0.1) is 27.4 Å². The molecule has 2 aromatic carbocycles. The van der Waals surface area contributed by atoms with Gasteiger partial charge in [-0.3, -0.25) is 0 Å². The molecule has 0 aliphatic carbocycles. The zero-order valence-electron chi connectivity index (χ0n) is 10.2. The van der Waals surface area contributed by atoms with Crippen LogP contribution in [0.5, 0.6) is 0 Å². The summed E-state index contributed by atoms with van der Waals surface area (Å²) in [5, 5.41) is 14.6. The van der Waals surface area contributed by atoms with Crippen molar-refractivity contribution < 1.29 is 4.79 Å². The van der Waals surface area contributed by atoms with Gasteiger partial charge < -0.3 is 10.6 Å². The minimum absolute atomic E-state index is 0.273. The molecule has 2 rings (SSSR count). The van der Waals surface area contributed by atoms with Crippen LogP contribution in [0.1, 0.15) is 5.56 Å². The molecule has 0 saturated carbocycles. The number of urea groups is 1. The van der Waals surface area contributed by atoms with Crippen LogP contribution < -0.4 is 10.6 Å². The van der Waals surface area contributed by atoms with Crippen molar-refractivity contribution in [3.63, 3.8) is 0 Å². The normalized spacial score (nSPS) is 9.65. The molecule has 4 nitrogen and oxygen atoms in total. The summed E-state index contributed by atoms with van der Waals surface area (Å²) in [6, 6.07) is 13.1. The number of hydrogen-bond acceptors (Lipinski definition) is 2. The third-order valence-electron chi connectivity index (χ3n) is 2.45. The van der Waals surface area contributed by atoms with Crippen LogP contribution in [-0.4, -0.2) is 6.03 Å². The van der Waals surface area contributed by atoms with E-state index >= 15 is 0 Å². The van der Waals surface area contributed by atoms with E-state index in [9.17, 15) is 4.79 Å². The predicted octanol–water partition coefficient (Wildman–Crippen LogP) is 4.51. The zero-order chi connectivity index (χ0) is 14.5. The highest BCUT2D eigenvalue weighted by atomic mass is 35.5. The molecule has 2 N–H and O–H groups in total. The second kappa shape index (κ2) is 6.29. The number of anilines is 2. The SMILES string of the molecule is N#Cc1cccc(NC(=O)Nc2cccc(Cl)c2Cl)c1. The molecular weight excluding hydrogens is 297 g/mol. The first-order chi connectivity index (χ1) is 9.60. The Morgan fingerprint density at radius 1 is 1.10 bits per heavy atom. The van der Waals surface area contributed by atoms with Crippen LogP contribution in [0.3, 0.4) is 0 Å². The molecule has 6 heteroatoms. The molecule has 100 valence electrons. The summed E-state index contributed by atoms with van der Waals surface area (Å²) in [6.07, 6.45) is 0. The van der Waals surface area contributed by atoms with Crippen LogP contribution in [0.4, 0.5) is 16.2 Å². The van der Waals surface area contributed by atoms with Gasteiger partial charge in [-0.2, -0.15) is 5.26 Å². The molecule has 2 aromatic rings. The smallest absolute Gasteiger partial charge is 0.308 e. The van der Waals surface area contributed by atoms with Crippen LogP contribution >= 0.6 is 23.2 Å². The van der Waals surface area contributed by atoms with Crippen molar-refractivity contribution >= 4 is 40.6 Å². The van der Waals surface area contributed by atoms with Crippen LogP contribution in [0.25, 0.3) is 0 Å². The highest BCUT2D eigenvalue weighted by molar-refractivity contribution is 6.44. The molecule has 0 heterocycles. The summed E-state index contributed by atoms with van der Waals surface area (Å²) in [4.78, 5) is 11.8. The minimum Gasteiger partial charge on any atom is -0.308 e. The zero-order valence-corrected chi connectivity index (χ0v) is 11.7. The second-order valence-corrected chi connectivity index (χ2v) is 4.66. The highest BCUT2D eigenvalue weighted by Gasteiger charge is 2.08. The average Bonchev–Trinajstić information content (AvgIpc) is 2.44. The van der Waals surface area contributed by atoms with Crippen molar-refractivity contribution in [1.82, 2.24) is 0 Å². The van der Waals surface area contributed by atoms with E-state index in [1.165, 1.54) is 0 Å². The monoisotopic (exact) mass is 305 g/mol. The van der Waals surface area contributed by atoms with Crippen LogP contribution in [0.15, 0.2) is 42.5 Å². The van der Waals surface area contributed by atoms with E-state index in [-0.39, 0.29) is 5.02 Å². The van der Waals surface area contributed by atoms with Gasteiger partial charge in [0.1, 0.15) is 0 Å². The first-order valence-corrected chi connectivity index (χ1v) is 6.38. The Morgan fingerprint density at radius 3 is 2.60 bits per heavy atom. The summed E-state index contributed by atoms with van der Waals surface area (Å²) < 4.78 is 0. The van der Waals surface area contributed by atoms with Gasteiger partial charge in [0.15, 0.2) is 0 Å². The number of nitriles is 1. The number of halogens is 2. The maximum absolute atomic E-state index is 11.8. The Morgan fingerprint density at radius 2 is 1.85 bits per heavy atom. The van der Waals surface area contributed by atoms with Gasteiger partial charge in [0.2, 0.25) is 0 Å². The average molecular weight is 306 g/mol. The van der Waals surface area contributed by atoms with Crippen molar-refractivity contribution in [2.75, 3.05) is 10.6 Å². The van der Waals surface area contributed by atoms with Crippen molar-refractivity contribution in [1.29, 1.82) is 5.26 Å². The van der Waals surface area contributed by atoms with E-state index in [0.717, 1.165) is 0 Å². The number of benzene rings is 2. The molecule has 0 fully saturated rings. The lowest BCUT2D eigenvalue weighted by atomic mass is 10.2. The molecule has 0 radical (unpaired) electrons. The summed E-state index contributed by atoms with van der Waals surface area (Å²) >= 11 is 11.8. The maximum atomic E-state index is 11.8. The highest BCUT2D eigenvalue weighted by Crippen LogP contribution is 2.29. The summed E-state index contributed by atoms with van der Waals surface area (Å²) in [5.74, 6) is 0. The molecule has 0 bridgehead atoms. The Bertz CT molecular complexity index is 695. The molecule has 0 aliphatic heterocycles. The van der Waals surface area contributed by atoms with E-state index < -0.39 is 6.03 Å². The number of carbonyl (C=O) groups is 1. The van der Waals surface area contributed by atoms with Gasteiger partial charge in [-0.1, -0.05) is 35.3 Å². The van der Waals surface area contributed by atoms with Gasteiger partial charge >= 0.3 is 6.03 Å². The fourth-order valence-electron chi connectivity index (χ4n) is 1.55. The molecule has 0 atom stereocenters. The Kier molecular flexibility index (Phi) is 4.46. The third kappa shape index (κ3) is 3.41. The number of nitrogens with zero attached hydrogens (tertiary/aromatic N) is 1. The molecule has 0 aliphatic rings. The fourth-order valence-corrected chi connectivity index (χ4v) is 1.90. The van der Waals surface area contributed by atoms with Crippen molar-refractivity contribution in [3.05, 3.63) is 58.1 Å². The fraction of sp³-hybridized carbons (Fsp3) is 0. The molecule has 0 aromatic heterocycles. The van der Waals surface area contributed by atoms with Gasteiger partial charge in [-0.05, 0) is 30.3 Å². The summed E-state index contributed by atoms with van der Waals surface area (Å²) in [6.45, 7) is 0. The third-order valence-corrected chi connectivity index (χ3v) is 3.27. The van der Waals surface area contributed by atoms with Gasteiger partial charge in [0, 0.05) is 5.69 Å². The largest absolute Gasteiger partial charge is 0.323 e. The summed E-state index contributed by atoms with van der Waals surface area (Å²) in [5.41, 5.74) is 1.39. The first kappa shape index (κ1) is 14.2. The molecule has 0 unspecified atom stereocenters. The minimum atomic E-state index is -0.468. The van der Waals surface area contributed by atoms with Gasteiger partial charge in [0.25, 0.3) is 0 Å². The van der Waals surface area contributed by atoms with E-state index in [0.29, 0.717) is 22.0 Å². The van der Waals surface area contributed by atoms with E-state index in [1.54, 1.807) is 42.5 Å². The van der Waals surface area contributed by atoms with Gasteiger partial charge in [-0.25, -0.2) is 4.79 Å². The van der Waals surface area contributed by atoms with Crippen LogP contribution in [0, 0.1) is 11.3 Å². The molecule has 2 amide bonds. The lowest BCUT2D eigenvalue weighted by Crippen LogP contribution is -2.19. The predicted molar refractivity (Wildman–Crippen MR) is 80.3 cm³/mol. The topological polar surface area (TPSA) is 64.9 Å². The standard InChI is InChI=1S/C14H9Cl2N3O/c15-11-5-2-6-12(13(11)16)19-14(20)18-10-4-1-3-9(7-10)8-17/h1-7H,(H2,18,19,20). The number of amides is 2. The van der Waals surface area contributed by atoms with Gasteiger partial charge in [-0.15, -0.1) is 0 Å². The molecule has 0 saturated heterocycles. The van der Waals surface area contributed by atoms with Crippen LogP contribution in [0.2, 0.25) is 10.0 Å². The summed E-state index contributed by atoms with van der Waals surface area (Å²) in [7, 11) is 0. The van der Waals surface area contributed by atoms with E-state index in [1.807, 2.05) is 6.07 Å². The van der Waals surface area contributed by atoms with E-state index in [4.69, 9.17) is 28.5 Å². The van der Waals surface area contributed by atoms with Crippen LogP contribution in [-0.2, 0) is 0 Å². The van der Waals surface area contributed by atoms with E-state index in [2.05, 4.69) is 10.6 Å². The lowest BCUT2D eigenvalue weighted by molar-refractivity contribution is 0.262. The molecule has 20 heavy (non-hydrogen) atoms. The Hall–Kier alpha value is -2.22. The number of hydrogen-bond donors (Lipinski definition) is 2. The number of nitrogens with one attached hydrogen (secondary N) is 2. The Labute approximate surface area is 125 Å². The van der Waals surface area contributed by atoms with Crippen molar-refractivity contribution in [3.8, 4) is 6.07 Å². The molecular formula is C14H9Cl2N3O. The quantitative estimate of drug-likeness (QED) is 0.857. The van der Waals surface area contributed by atoms with Crippen molar-refractivity contribution in [2.24, 2.45) is 0 Å². The first-order valence-electron chi connectivity index (χ1n) is 5.62. The molecule has 0 spiro atoms. The Balaban J connectivity index is 2.09. The van der Waals surface area contributed by atoms with Crippen molar-refractivity contribution in [2.45, 2.75) is 0 Å². The second-order valence-electron chi connectivity index (χ2n) is 3.87. The lowest BCUT2D eigenvalue weighted by Gasteiger charge is -2.09. The number of carbonyl (C=O) groups excluding carboxylic acids is 1. The number of rotatable bonds is 2.